The third-order valence-electron chi connectivity index (χ3n) is 5.48. The Hall–Kier alpha value is -1.89. The first-order valence-electron chi connectivity index (χ1n) is 9.06. The molecule has 3 heterocycles. The molecule has 0 bridgehead atoms. The van der Waals surface area contributed by atoms with Crippen molar-refractivity contribution < 1.29 is 9.32 Å². The minimum absolute atomic E-state index is 0.0303. The highest BCUT2D eigenvalue weighted by Gasteiger charge is 2.38. The number of hydrogen-bond donors (Lipinski definition) is 2. The van der Waals surface area contributed by atoms with Crippen molar-refractivity contribution in [3.8, 4) is 11.3 Å². The van der Waals surface area contributed by atoms with Crippen LogP contribution in [0.5, 0.6) is 0 Å². The Morgan fingerprint density at radius 1 is 1.27 bits per heavy atom. The maximum Gasteiger partial charge on any atom is 0.259 e. The lowest BCUT2D eigenvalue weighted by Crippen LogP contribution is -2.63. The molecule has 2 aromatic rings. The molecule has 2 aliphatic rings. The summed E-state index contributed by atoms with van der Waals surface area (Å²) in [4.78, 5) is 15.1. The summed E-state index contributed by atoms with van der Waals surface area (Å²) in [5.74, 6) is 0.500. The fraction of sp³-hybridized carbons (Fsp3) is 0.474. The van der Waals surface area contributed by atoms with Crippen LogP contribution in [0.15, 0.2) is 28.8 Å². The zero-order valence-corrected chi connectivity index (χ0v) is 15.6. The van der Waals surface area contributed by atoms with E-state index in [9.17, 15) is 4.79 Å². The number of hydrogen-bond acceptors (Lipinski definition) is 5. The van der Waals surface area contributed by atoms with Crippen LogP contribution in [0, 0.1) is 6.92 Å². The molecule has 0 radical (unpaired) electrons. The second-order valence-corrected chi connectivity index (χ2v) is 7.53. The molecule has 1 spiro atoms. The Bertz CT molecular complexity index is 804. The van der Waals surface area contributed by atoms with Crippen LogP contribution in [-0.4, -0.2) is 54.2 Å². The first-order valence-corrected chi connectivity index (χ1v) is 9.44. The lowest BCUT2D eigenvalue weighted by Gasteiger charge is -2.45. The molecule has 2 N–H and O–H groups in total. The fourth-order valence-electron chi connectivity index (χ4n) is 3.92. The van der Waals surface area contributed by atoms with E-state index in [2.05, 4.69) is 15.8 Å². The predicted molar refractivity (Wildman–Crippen MR) is 100 cm³/mol. The van der Waals surface area contributed by atoms with Gasteiger partial charge >= 0.3 is 0 Å². The van der Waals surface area contributed by atoms with Crippen molar-refractivity contribution >= 4 is 17.5 Å². The Labute approximate surface area is 157 Å². The van der Waals surface area contributed by atoms with Crippen molar-refractivity contribution in [2.24, 2.45) is 0 Å². The summed E-state index contributed by atoms with van der Waals surface area (Å²) in [5, 5.41) is 11.8. The van der Waals surface area contributed by atoms with E-state index < -0.39 is 0 Å². The lowest BCUT2D eigenvalue weighted by atomic mass is 9.85. The molecule has 1 amide bonds. The van der Waals surface area contributed by atoms with Gasteiger partial charge in [-0.05, 0) is 25.8 Å². The van der Waals surface area contributed by atoms with Gasteiger partial charge in [-0.2, -0.15) is 0 Å². The van der Waals surface area contributed by atoms with E-state index >= 15 is 0 Å². The molecule has 1 aromatic carbocycles. The van der Waals surface area contributed by atoms with Crippen molar-refractivity contribution in [3.63, 3.8) is 0 Å². The van der Waals surface area contributed by atoms with Crippen LogP contribution in [0.3, 0.4) is 0 Å². The second kappa shape index (κ2) is 7.02. The molecule has 6 nitrogen and oxygen atoms in total. The van der Waals surface area contributed by atoms with Crippen LogP contribution in [0.1, 0.15) is 29.0 Å². The number of halogens is 1. The zero-order valence-electron chi connectivity index (χ0n) is 14.8. The van der Waals surface area contributed by atoms with Crippen LogP contribution in [-0.2, 0) is 0 Å². The Morgan fingerprint density at radius 3 is 2.73 bits per heavy atom. The number of likely N-dealkylation sites (tertiary alicyclic amines) is 1. The van der Waals surface area contributed by atoms with Crippen LogP contribution in [0.2, 0.25) is 5.02 Å². The maximum atomic E-state index is 13.2. The number of piperidine rings is 1. The molecule has 0 saturated carbocycles. The summed E-state index contributed by atoms with van der Waals surface area (Å²) >= 11 is 6.31. The summed E-state index contributed by atoms with van der Waals surface area (Å²) in [5.41, 5.74) is 1.88. The van der Waals surface area contributed by atoms with Gasteiger partial charge < -0.3 is 20.1 Å². The molecule has 26 heavy (non-hydrogen) atoms. The Kier molecular flexibility index (Phi) is 4.73. The summed E-state index contributed by atoms with van der Waals surface area (Å²) in [6, 6.07) is 7.39. The van der Waals surface area contributed by atoms with Gasteiger partial charge in [-0.1, -0.05) is 35.0 Å². The standard InChI is InChI=1S/C19H23ClN4O2/c1-13-16(17(23-26-13)14-4-2-3-5-15(14)20)18(25)24-10-6-19(7-11-24)12-21-8-9-22-19/h2-5,21-22H,6-12H2,1H3. The highest BCUT2D eigenvalue weighted by molar-refractivity contribution is 6.33. The van der Waals surface area contributed by atoms with Crippen molar-refractivity contribution in [2.75, 3.05) is 32.7 Å². The van der Waals surface area contributed by atoms with Gasteiger partial charge in [0.1, 0.15) is 17.0 Å². The Morgan fingerprint density at radius 2 is 2.04 bits per heavy atom. The minimum atomic E-state index is -0.0303. The first kappa shape index (κ1) is 17.5. The number of piperazine rings is 1. The molecule has 2 aliphatic heterocycles. The van der Waals surface area contributed by atoms with Gasteiger partial charge in [0, 0.05) is 43.8 Å². The highest BCUT2D eigenvalue weighted by Crippen LogP contribution is 2.33. The molecular weight excluding hydrogens is 352 g/mol. The van der Waals surface area contributed by atoms with Gasteiger partial charge in [0.15, 0.2) is 0 Å². The number of aromatic nitrogens is 1. The minimum Gasteiger partial charge on any atom is -0.360 e. The molecule has 0 aliphatic carbocycles. The molecule has 1 aromatic heterocycles. The van der Waals surface area contributed by atoms with Crippen LogP contribution >= 0.6 is 11.6 Å². The van der Waals surface area contributed by atoms with Crippen molar-refractivity contribution in [1.82, 2.24) is 20.7 Å². The van der Waals surface area contributed by atoms with E-state index in [0.717, 1.165) is 51.1 Å². The van der Waals surface area contributed by atoms with Gasteiger partial charge in [0.2, 0.25) is 0 Å². The van der Waals surface area contributed by atoms with Gasteiger partial charge in [0.05, 0.1) is 5.02 Å². The molecule has 2 saturated heterocycles. The first-order chi connectivity index (χ1) is 12.6. The van der Waals surface area contributed by atoms with E-state index in [1.54, 1.807) is 13.0 Å². The SMILES string of the molecule is Cc1onc(-c2ccccc2Cl)c1C(=O)N1CCC2(CC1)CNCCN2. The summed E-state index contributed by atoms with van der Waals surface area (Å²) in [7, 11) is 0. The third-order valence-corrected chi connectivity index (χ3v) is 5.81. The molecule has 7 heteroatoms. The predicted octanol–water partition coefficient (Wildman–Crippen LogP) is 2.47. The van der Waals surface area contributed by atoms with Crippen LogP contribution in [0.4, 0.5) is 0 Å². The zero-order chi connectivity index (χ0) is 18.1. The number of rotatable bonds is 2. The van der Waals surface area contributed by atoms with E-state index in [4.69, 9.17) is 16.1 Å². The number of benzene rings is 1. The average Bonchev–Trinajstić information content (AvgIpc) is 3.04. The highest BCUT2D eigenvalue weighted by atomic mass is 35.5. The monoisotopic (exact) mass is 374 g/mol. The molecular formula is C19H23ClN4O2. The third kappa shape index (κ3) is 3.13. The fourth-order valence-corrected chi connectivity index (χ4v) is 4.14. The number of nitrogens with one attached hydrogen (secondary N) is 2. The van der Waals surface area contributed by atoms with E-state index in [-0.39, 0.29) is 11.4 Å². The van der Waals surface area contributed by atoms with Crippen molar-refractivity contribution in [2.45, 2.75) is 25.3 Å². The topological polar surface area (TPSA) is 70.4 Å². The van der Waals surface area contributed by atoms with Gasteiger partial charge in [-0.25, -0.2) is 0 Å². The molecule has 0 atom stereocenters. The summed E-state index contributed by atoms with van der Waals surface area (Å²) in [6.45, 7) is 6.17. The maximum absolute atomic E-state index is 13.2. The van der Waals surface area contributed by atoms with Gasteiger partial charge in [0.25, 0.3) is 5.91 Å². The Balaban J connectivity index is 1.56. The summed E-state index contributed by atoms with van der Waals surface area (Å²) in [6.07, 6.45) is 1.88. The average molecular weight is 375 g/mol. The second-order valence-electron chi connectivity index (χ2n) is 7.12. The van der Waals surface area contributed by atoms with Gasteiger partial charge in [-0.3, -0.25) is 4.79 Å². The quantitative estimate of drug-likeness (QED) is 0.845. The molecule has 0 unspecified atom stereocenters. The summed E-state index contributed by atoms with van der Waals surface area (Å²) < 4.78 is 5.35. The smallest absolute Gasteiger partial charge is 0.259 e. The van der Waals surface area contributed by atoms with Gasteiger partial charge in [-0.15, -0.1) is 0 Å². The lowest BCUT2D eigenvalue weighted by molar-refractivity contribution is 0.0623. The largest absolute Gasteiger partial charge is 0.360 e. The molecule has 138 valence electrons. The number of nitrogens with zero attached hydrogens (tertiary/aromatic N) is 2. The molecule has 2 fully saturated rings. The van der Waals surface area contributed by atoms with Crippen molar-refractivity contribution in [1.29, 1.82) is 0 Å². The molecule has 4 rings (SSSR count). The number of carbonyl (C=O) groups excluding carboxylic acids is 1. The van der Waals surface area contributed by atoms with E-state index in [1.807, 2.05) is 23.1 Å². The van der Waals surface area contributed by atoms with Crippen LogP contribution < -0.4 is 10.6 Å². The number of carbonyl (C=O) groups is 1. The number of amides is 1. The van der Waals surface area contributed by atoms with E-state index in [1.165, 1.54) is 0 Å². The van der Waals surface area contributed by atoms with Crippen molar-refractivity contribution in [3.05, 3.63) is 40.6 Å². The normalized spacial score (nSPS) is 19.7. The number of aryl methyl sites for hydroxylation is 1. The van der Waals surface area contributed by atoms with Crippen LogP contribution in [0.25, 0.3) is 11.3 Å². The van der Waals surface area contributed by atoms with E-state index in [0.29, 0.717) is 22.0 Å².